The van der Waals surface area contributed by atoms with E-state index in [1.165, 1.54) is 4.88 Å². The van der Waals surface area contributed by atoms with Crippen molar-refractivity contribution in [3.63, 3.8) is 0 Å². The Morgan fingerprint density at radius 3 is 3.00 bits per heavy atom. The molecule has 1 aliphatic heterocycles. The number of thiophene rings is 1. The van der Waals surface area contributed by atoms with E-state index < -0.39 is 0 Å². The van der Waals surface area contributed by atoms with E-state index in [1.807, 2.05) is 6.07 Å². The van der Waals surface area contributed by atoms with Crippen LogP contribution in [0.25, 0.3) is 6.08 Å². The van der Waals surface area contributed by atoms with E-state index >= 15 is 0 Å². The first-order valence-corrected chi connectivity index (χ1v) is 5.26. The summed E-state index contributed by atoms with van der Waals surface area (Å²) < 4.78 is 10.6. The van der Waals surface area contributed by atoms with E-state index in [1.54, 1.807) is 11.3 Å². The molecular formula is C10H12O2S. The maximum Gasteiger partial charge on any atom is 0.161 e. The first-order chi connectivity index (χ1) is 6.45. The maximum atomic E-state index is 5.30. The zero-order valence-electron chi connectivity index (χ0n) is 7.31. The second-order valence-electron chi connectivity index (χ2n) is 2.82. The fourth-order valence-corrected chi connectivity index (χ4v) is 1.87. The lowest BCUT2D eigenvalue weighted by atomic mass is 10.3. The summed E-state index contributed by atoms with van der Waals surface area (Å²) in [6.45, 7) is 1.47. The molecule has 1 saturated heterocycles. The summed E-state index contributed by atoms with van der Waals surface area (Å²) in [5.74, 6) is 0. The number of hydrogen-bond donors (Lipinski definition) is 0. The van der Waals surface area contributed by atoms with Gasteiger partial charge in [-0.1, -0.05) is 12.1 Å². The lowest BCUT2D eigenvalue weighted by molar-refractivity contribution is -0.0379. The lowest BCUT2D eigenvalue weighted by Crippen LogP contribution is -2.04. The van der Waals surface area contributed by atoms with E-state index in [-0.39, 0.29) is 6.29 Å². The zero-order chi connectivity index (χ0) is 8.93. The van der Waals surface area contributed by atoms with Gasteiger partial charge in [0.25, 0.3) is 0 Å². The molecule has 0 unspecified atom stereocenters. The van der Waals surface area contributed by atoms with Crippen LogP contribution in [-0.4, -0.2) is 19.5 Å². The van der Waals surface area contributed by atoms with Crippen LogP contribution in [0.1, 0.15) is 11.3 Å². The second kappa shape index (κ2) is 4.56. The highest BCUT2D eigenvalue weighted by atomic mass is 32.1. The Morgan fingerprint density at radius 2 is 2.31 bits per heavy atom. The molecule has 1 aromatic heterocycles. The van der Waals surface area contributed by atoms with E-state index in [4.69, 9.17) is 9.47 Å². The van der Waals surface area contributed by atoms with E-state index in [9.17, 15) is 0 Å². The van der Waals surface area contributed by atoms with Crippen molar-refractivity contribution >= 4 is 17.4 Å². The highest BCUT2D eigenvalue weighted by Gasteiger charge is 2.13. The fourth-order valence-electron chi connectivity index (χ4n) is 1.22. The van der Waals surface area contributed by atoms with Gasteiger partial charge in [0.1, 0.15) is 0 Å². The van der Waals surface area contributed by atoms with Crippen LogP contribution in [-0.2, 0) is 9.47 Å². The van der Waals surface area contributed by atoms with E-state index in [0.717, 1.165) is 19.6 Å². The molecule has 0 amide bonds. The van der Waals surface area contributed by atoms with Gasteiger partial charge in [0.05, 0.1) is 13.2 Å². The Hall–Kier alpha value is -0.640. The molecule has 0 aliphatic carbocycles. The smallest absolute Gasteiger partial charge is 0.161 e. The molecule has 0 N–H and O–H groups in total. The van der Waals surface area contributed by atoms with E-state index in [0.29, 0.717) is 0 Å². The van der Waals surface area contributed by atoms with Crippen LogP contribution in [0.2, 0.25) is 0 Å². The molecule has 0 saturated carbocycles. The van der Waals surface area contributed by atoms with Crippen molar-refractivity contribution in [1.29, 1.82) is 0 Å². The summed E-state index contributed by atoms with van der Waals surface area (Å²) in [6, 6.07) is 4.14. The van der Waals surface area contributed by atoms with Crippen LogP contribution in [0.15, 0.2) is 23.6 Å². The summed E-state index contributed by atoms with van der Waals surface area (Å²) in [7, 11) is 0. The van der Waals surface area contributed by atoms with Crippen LogP contribution in [0.5, 0.6) is 0 Å². The molecule has 1 fully saturated rings. The third kappa shape index (κ3) is 2.66. The Bertz CT molecular complexity index is 260. The Morgan fingerprint density at radius 1 is 1.46 bits per heavy atom. The fraction of sp³-hybridized carbons (Fsp3) is 0.400. The van der Waals surface area contributed by atoms with E-state index in [2.05, 4.69) is 23.6 Å². The molecule has 2 nitrogen and oxygen atoms in total. The van der Waals surface area contributed by atoms with Crippen molar-refractivity contribution in [1.82, 2.24) is 0 Å². The molecule has 2 heterocycles. The third-order valence-corrected chi connectivity index (χ3v) is 2.68. The predicted octanol–water partition coefficient (Wildman–Crippen LogP) is 2.52. The van der Waals surface area contributed by atoms with Gasteiger partial charge >= 0.3 is 0 Å². The molecule has 0 bridgehead atoms. The minimum absolute atomic E-state index is 0.0174. The molecule has 13 heavy (non-hydrogen) atoms. The van der Waals surface area contributed by atoms with Gasteiger partial charge < -0.3 is 9.47 Å². The van der Waals surface area contributed by atoms with Crippen molar-refractivity contribution in [3.8, 4) is 0 Å². The molecule has 0 spiro atoms. The molecule has 0 atom stereocenters. The Balaban J connectivity index is 1.78. The highest BCUT2D eigenvalue weighted by molar-refractivity contribution is 7.10. The topological polar surface area (TPSA) is 18.5 Å². The zero-order valence-corrected chi connectivity index (χ0v) is 8.13. The minimum atomic E-state index is -0.0174. The van der Waals surface area contributed by atoms with Gasteiger partial charge in [-0.15, -0.1) is 11.3 Å². The van der Waals surface area contributed by atoms with Gasteiger partial charge in [-0.25, -0.2) is 0 Å². The minimum Gasteiger partial charge on any atom is -0.350 e. The van der Waals surface area contributed by atoms with Crippen molar-refractivity contribution in [2.45, 2.75) is 12.7 Å². The van der Waals surface area contributed by atoms with Crippen molar-refractivity contribution in [2.24, 2.45) is 0 Å². The highest BCUT2D eigenvalue weighted by Crippen LogP contribution is 2.13. The summed E-state index contributed by atoms with van der Waals surface area (Å²) in [4.78, 5) is 1.28. The van der Waals surface area contributed by atoms with Gasteiger partial charge in [0, 0.05) is 11.3 Å². The summed E-state index contributed by atoms with van der Waals surface area (Å²) in [6.07, 6.45) is 5.03. The van der Waals surface area contributed by atoms with Crippen LogP contribution in [0.4, 0.5) is 0 Å². The number of hydrogen-bond acceptors (Lipinski definition) is 3. The molecule has 3 heteroatoms. The Kier molecular flexibility index (Phi) is 3.13. The van der Waals surface area contributed by atoms with Crippen molar-refractivity contribution < 1.29 is 9.47 Å². The standard InChI is InChI=1S/C10H12O2S/c1(3-9-4-2-8-13-9)5-10-11-6-7-12-10/h1-4,8,10H,5-7H2/b3-1+. The van der Waals surface area contributed by atoms with Gasteiger partial charge in [-0.05, 0) is 17.5 Å². The van der Waals surface area contributed by atoms with Crippen molar-refractivity contribution in [3.05, 3.63) is 28.5 Å². The van der Waals surface area contributed by atoms with Crippen LogP contribution in [0, 0.1) is 0 Å². The molecule has 0 aromatic carbocycles. The summed E-state index contributed by atoms with van der Waals surface area (Å²) in [5, 5.41) is 2.07. The number of rotatable bonds is 3. The van der Waals surface area contributed by atoms with Gasteiger partial charge in [0.2, 0.25) is 0 Å². The van der Waals surface area contributed by atoms with Gasteiger partial charge in [0.15, 0.2) is 6.29 Å². The Labute approximate surface area is 81.8 Å². The molecule has 0 radical (unpaired) electrons. The van der Waals surface area contributed by atoms with Gasteiger partial charge in [-0.2, -0.15) is 0 Å². The van der Waals surface area contributed by atoms with Crippen molar-refractivity contribution in [2.75, 3.05) is 13.2 Å². The quantitative estimate of drug-likeness (QED) is 0.739. The monoisotopic (exact) mass is 196 g/mol. The van der Waals surface area contributed by atoms with Crippen LogP contribution in [0.3, 0.4) is 0 Å². The molecular weight excluding hydrogens is 184 g/mol. The lowest BCUT2D eigenvalue weighted by Gasteiger charge is -2.03. The molecule has 1 aliphatic rings. The maximum absolute atomic E-state index is 5.30. The first-order valence-electron chi connectivity index (χ1n) is 4.38. The second-order valence-corrected chi connectivity index (χ2v) is 3.80. The predicted molar refractivity (Wildman–Crippen MR) is 53.7 cm³/mol. The number of ether oxygens (including phenoxy) is 2. The molecule has 2 rings (SSSR count). The van der Waals surface area contributed by atoms with Gasteiger partial charge in [-0.3, -0.25) is 0 Å². The average molecular weight is 196 g/mol. The summed E-state index contributed by atoms with van der Waals surface area (Å²) >= 11 is 1.74. The average Bonchev–Trinajstić information content (AvgIpc) is 2.75. The molecule has 1 aromatic rings. The largest absolute Gasteiger partial charge is 0.350 e. The molecule has 70 valence electrons. The normalized spacial score (nSPS) is 18.8. The third-order valence-electron chi connectivity index (χ3n) is 1.84. The van der Waals surface area contributed by atoms with Crippen LogP contribution < -0.4 is 0 Å². The summed E-state index contributed by atoms with van der Waals surface area (Å²) in [5.41, 5.74) is 0. The van der Waals surface area contributed by atoms with Crippen LogP contribution >= 0.6 is 11.3 Å². The SMILES string of the molecule is C(=C\c1cccs1)/CC1OCCO1. The first kappa shape index (κ1) is 8.94.